The average molecular weight is 402 g/mol. The molecule has 2 aliphatic carbocycles. The van der Waals surface area contributed by atoms with Crippen LogP contribution in [0.25, 0.3) is 20.9 Å². The molecule has 3 aromatic rings. The van der Waals surface area contributed by atoms with Crippen LogP contribution in [0.2, 0.25) is 0 Å². The molecule has 0 unspecified atom stereocenters. The number of nitrogens with zero attached hydrogens (tertiary/aromatic N) is 3. The maximum atomic E-state index is 7.54. The zero-order chi connectivity index (χ0) is 21.3. The summed E-state index contributed by atoms with van der Waals surface area (Å²) in [6.07, 6.45) is 6.22. The number of hydrogen-bond acceptors (Lipinski definition) is 1. The lowest BCUT2D eigenvalue weighted by Crippen LogP contribution is -2.37. The highest BCUT2D eigenvalue weighted by molar-refractivity contribution is 6.08. The predicted octanol–water partition coefficient (Wildman–Crippen LogP) is 7.04. The Bertz CT molecular complexity index is 1240. The molecule has 0 saturated heterocycles. The van der Waals surface area contributed by atoms with Gasteiger partial charge in [0.2, 0.25) is 0 Å². The van der Waals surface area contributed by atoms with Gasteiger partial charge in [-0.2, -0.15) is 6.57 Å². The number of benzene rings is 3. The zero-order valence-corrected chi connectivity index (χ0v) is 17.4. The Morgan fingerprint density at radius 1 is 0.710 bits per heavy atom. The van der Waals surface area contributed by atoms with Crippen LogP contribution in [-0.4, -0.2) is 5.71 Å². The van der Waals surface area contributed by atoms with Gasteiger partial charge in [0, 0.05) is 11.0 Å². The molecule has 3 aromatic carbocycles. The van der Waals surface area contributed by atoms with Crippen LogP contribution in [0.15, 0.2) is 71.8 Å². The number of hydrogen-bond donors (Lipinski definition) is 0. The Morgan fingerprint density at radius 3 is 2.06 bits per heavy atom. The van der Waals surface area contributed by atoms with Crippen LogP contribution in [0.3, 0.4) is 0 Å². The first kappa shape index (κ1) is 19.3. The molecule has 0 heterocycles. The van der Waals surface area contributed by atoms with Crippen LogP contribution >= 0.6 is 0 Å². The van der Waals surface area contributed by atoms with Gasteiger partial charge in [-0.25, -0.2) is 4.85 Å². The van der Waals surface area contributed by atoms with Crippen molar-refractivity contribution in [1.29, 1.82) is 0 Å². The average Bonchev–Trinajstić information content (AvgIpc) is 3.01. The molecule has 0 atom stereocenters. The first-order valence-corrected chi connectivity index (χ1v) is 10.9. The maximum Gasteiger partial charge on any atom is 0.187 e. The standard InChI is InChI=1S/C28H23N3/c1-29-25-9-5-8-23(18-25)24-11-10-22-14-17-28(27(31-30-2)26(22)19-24)15-12-20-6-3-4-7-21(20)13-16-28/h3-11,18-19H,12-17H2/b31-27-. The molecule has 0 N–H and O–H groups in total. The molecule has 0 aromatic heterocycles. The number of aryl methyl sites for hydroxylation is 3. The van der Waals surface area contributed by atoms with Gasteiger partial charge < -0.3 is 0 Å². The largest absolute Gasteiger partial charge is 0.238 e. The quantitative estimate of drug-likeness (QED) is 0.308. The molecule has 150 valence electrons. The van der Waals surface area contributed by atoms with Crippen LogP contribution in [0.5, 0.6) is 0 Å². The summed E-state index contributed by atoms with van der Waals surface area (Å²) >= 11 is 0. The van der Waals surface area contributed by atoms with Crippen molar-refractivity contribution in [3.05, 3.63) is 112 Å². The van der Waals surface area contributed by atoms with E-state index in [-0.39, 0.29) is 5.41 Å². The smallest absolute Gasteiger partial charge is 0.187 e. The normalized spacial score (nSPS) is 17.8. The minimum absolute atomic E-state index is 0.0481. The molecule has 0 bridgehead atoms. The van der Waals surface area contributed by atoms with Crippen molar-refractivity contribution in [2.75, 3.05) is 0 Å². The highest BCUT2D eigenvalue weighted by Gasteiger charge is 2.43. The van der Waals surface area contributed by atoms with Crippen molar-refractivity contribution in [1.82, 2.24) is 0 Å². The molecule has 5 rings (SSSR count). The van der Waals surface area contributed by atoms with E-state index in [1.807, 2.05) is 24.3 Å². The topological polar surface area (TPSA) is 21.1 Å². The Labute approximate surface area is 183 Å². The van der Waals surface area contributed by atoms with Crippen LogP contribution in [-0.2, 0) is 19.3 Å². The first-order valence-electron chi connectivity index (χ1n) is 10.9. The van der Waals surface area contributed by atoms with Crippen molar-refractivity contribution in [2.45, 2.75) is 38.5 Å². The van der Waals surface area contributed by atoms with Gasteiger partial charge in [-0.15, -0.1) is 4.95 Å². The Morgan fingerprint density at radius 2 is 1.39 bits per heavy atom. The summed E-state index contributed by atoms with van der Waals surface area (Å²) in [5.74, 6) is 0. The van der Waals surface area contributed by atoms with Crippen molar-refractivity contribution < 1.29 is 0 Å². The lowest BCUT2D eigenvalue weighted by atomic mass is 9.65. The number of fused-ring (bicyclic) bond motifs is 2. The Balaban J connectivity index is 1.58. The molecule has 0 saturated carbocycles. The predicted molar refractivity (Wildman–Crippen MR) is 125 cm³/mol. The third-order valence-electron chi connectivity index (χ3n) is 7.06. The summed E-state index contributed by atoms with van der Waals surface area (Å²) in [5.41, 5.74) is 8.96. The molecule has 0 radical (unpaired) electrons. The van der Waals surface area contributed by atoms with Gasteiger partial charge in [0.05, 0.1) is 11.7 Å². The molecule has 2 aliphatic rings. The van der Waals surface area contributed by atoms with Crippen molar-refractivity contribution in [3.63, 3.8) is 0 Å². The molecule has 3 heteroatoms. The van der Waals surface area contributed by atoms with Gasteiger partial charge in [-0.1, -0.05) is 54.6 Å². The van der Waals surface area contributed by atoms with Crippen molar-refractivity contribution >= 4 is 11.4 Å². The van der Waals surface area contributed by atoms with E-state index < -0.39 is 0 Å². The fourth-order valence-corrected chi connectivity index (χ4v) is 5.34. The van der Waals surface area contributed by atoms with Gasteiger partial charge in [0.1, 0.15) is 5.71 Å². The third kappa shape index (κ3) is 3.43. The van der Waals surface area contributed by atoms with E-state index >= 15 is 0 Å². The zero-order valence-electron chi connectivity index (χ0n) is 17.4. The fourth-order valence-electron chi connectivity index (χ4n) is 5.34. The van der Waals surface area contributed by atoms with E-state index in [9.17, 15) is 0 Å². The SMILES string of the molecule is [C-]#[N+]/N=C1/c2cc(-c3cccc([N+]#[C-])c3)ccc2CCC12CCc1ccccc1CC2. The molecule has 31 heavy (non-hydrogen) atoms. The van der Waals surface area contributed by atoms with Crippen LogP contribution < -0.4 is 0 Å². The van der Waals surface area contributed by atoms with Crippen LogP contribution in [0.1, 0.15) is 41.5 Å². The van der Waals surface area contributed by atoms with Crippen molar-refractivity contribution in [3.8, 4) is 11.1 Å². The maximum absolute atomic E-state index is 7.54. The van der Waals surface area contributed by atoms with E-state index in [0.29, 0.717) is 5.69 Å². The van der Waals surface area contributed by atoms with E-state index in [0.717, 1.165) is 60.9 Å². The molecule has 0 amide bonds. The second-order valence-electron chi connectivity index (χ2n) is 8.63. The Kier molecular flexibility index (Phi) is 4.89. The second kappa shape index (κ2) is 7.86. The summed E-state index contributed by atoms with van der Waals surface area (Å²) in [5, 5.41) is 4.43. The summed E-state index contributed by atoms with van der Waals surface area (Å²) in [6, 6.07) is 23.0. The summed E-state index contributed by atoms with van der Waals surface area (Å²) in [6.45, 7) is 14.9. The molecule has 0 fully saturated rings. The molecule has 0 aliphatic heterocycles. The van der Waals surface area contributed by atoms with Crippen LogP contribution in [0, 0.1) is 18.6 Å². The van der Waals surface area contributed by atoms with Crippen LogP contribution in [0.4, 0.5) is 5.69 Å². The highest BCUT2D eigenvalue weighted by atomic mass is 15.2. The number of rotatable bonds is 1. The third-order valence-corrected chi connectivity index (χ3v) is 7.06. The second-order valence-corrected chi connectivity index (χ2v) is 8.63. The lowest BCUT2D eigenvalue weighted by molar-refractivity contribution is 0.331. The van der Waals surface area contributed by atoms with Gasteiger partial charge in [0.15, 0.2) is 5.69 Å². The monoisotopic (exact) mass is 401 g/mol. The summed E-state index contributed by atoms with van der Waals surface area (Å²) in [7, 11) is 0. The molecule has 1 spiro atoms. The van der Waals surface area contributed by atoms with Gasteiger partial charge in [-0.05, 0) is 78.5 Å². The Hall–Kier alpha value is -3.69. The van der Waals surface area contributed by atoms with Crippen molar-refractivity contribution in [2.24, 2.45) is 10.5 Å². The molecular formula is C28H23N3. The summed E-state index contributed by atoms with van der Waals surface area (Å²) < 4.78 is 0. The first-order chi connectivity index (χ1) is 15.2. The molecular weight excluding hydrogens is 378 g/mol. The van der Waals surface area contributed by atoms with Gasteiger partial charge >= 0.3 is 0 Å². The fraction of sp³-hybridized carbons (Fsp3) is 0.250. The van der Waals surface area contributed by atoms with E-state index in [4.69, 9.17) is 13.1 Å². The van der Waals surface area contributed by atoms with E-state index in [2.05, 4.69) is 57.4 Å². The van der Waals surface area contributed by atoms with E-state index in [1.54, 1.807) is 0 Å². The highest BCUT2D eigenvalue weighted by Crippen LogP contribution is 2.46. The van der Waals surface area contributed by atoms with E-state index in [1.165, 1.54) is 16.7 Å². The lowest BCUT2D eigenvalue weighted by Gasteiger charge is -2.37. The molecule has 3 nitrogen and oxygen atoms in total. The van der Waals surface area contributed by atoms with Gasteiger partial charge in [-0.3, -0.25) is 0 Å². The summed E-state index contributed by atoms with van der Waals surface area (Å²) in [4.78, 5) is 7.09. The minimum Gasteiger partial charge on any atom is -0.238 e. The minimum atomic E-state index is -0.0481. The van der Waals surface area contributed by atoms with Gasteiger partial charge in [0.25, 0.3) is 0 Å².